The van der Waals surface area contributed by atoms with E-state index in [2.05, 4.69) is 6.07 Å². The van der Waals surface area contributed by atoms with Gasteiger partial charge in [0.15, 0.2) is 0 Å². The molecule has 1 aromatic heterocycles. The summed E-state index contributed by atoms with van der Waals surface area (Å²) in [5.41, 5.74) is 3.98. The Morgan fingerprint density at radius 1 is 0.903 bits per heavy atom. The van der Waals surface area contributed by atoms with Gasteiger partial charge in [0.2, 0.25) is 0 Å². The first-order chi connectivity index (χ1) is 15.0. The quantitative estimate of drug-likeness (QED) is 0.261. The molecule has 0 N–H and O–H groups in total. The van der Waals surface area contributed by atoms with Gasteiger partial charge in [0.05, 0.1) is 22.7 Å². The Balaban J connectivity index is 1.56. The lowest BCUT2D eigenvalue weighted by molar-refractivity contribution is -0.137. The lowest BCUT2D eigenvalue weighted by Gasteiger charge is -2.11. The topological polar surface area (TPSA) is 22.1 Å². The Morgan fingerprint density at radius 3 is 2.65 bits per heavy atom. The summed E-state index contributed by atoms with van der Waals surface area (Å²) in [6, 6.07) is 17.8. The lowest BCUT2D eigenvalue weighted by atomic mass is 10.0. The van der Waals surface area contributed by atoms with Crippen LogP contribution < -0.4 is 4.74 Å². The normalized spacial score (nSPS) is 14.2. The molecule has 0 saturated carbocycles. The summed E-state index contributed by atoms with van der Waals surface area (Å²) in [6.07, 6.45) is -3.51. The average Bonchev–Trinajstić information content (AvgIpc) is 3.37. The van der Waals surface area contributed by atoms with E-state index in [0.29, 0.717) is 11.5 Å². The molecule has 0 aliphatic carbocycles. The molecule has 0 spiro atoms. The first-order valence-electron chi connectivity index (χ1n) is 9.73. The van der Waals surface area contributed by atoms with Crippen LogP contribution in [0.2, 0.25) is 0 Å². The van der Waals surface area contributed by atoms with E-state index in [9.17, 15) is 13.2 Å². The van der Waals surface area contributed by atoms with Gasteiger partial charge in [0.25, 0.3) is 0 Å². The number of hydrogen-bond donors (Lipinski definition) is 0. The van der Waals surface area contributed by atoms with Crippen molar-refractivity contribution >= 4 is 23.1 Å². The monoisotopic (exact) mass is 453 g/mol. The SMILES string of the molecule is FC(F)(F)c1ccc2c(c1)Sc1ccccc1-c1sc(-c3ccc4c(c3)CCO4)nc1-2. The van der Waals surface area contributed by atoms with Gasteiger partial charge in [-0.3, -0.25) is 0 Å². The zero-order chi connectivity index (χ0) is 21.2. The minimum absolute atomic E-state index is 0.570. The van der Waals surface area contributed by atoms with Crippen LogP contribution in [0, 0.1) is 0 Å². The van der Waals surface area contributed by atoms with Crippen molar-refractivity contribution in [3.63, 3.8) is 0 Å². The van der Waals surface area contributed by atoms with Gasteiger partial charge in [0, 0.05) is 32.9 Å². The first kappa shape index (κ1) is 19.0. The number of benzene rings is 3. The molecule has 0 radical (unpaired) electrons. The standard InChI is InChI=1S/C24H14F3NOS2/c25-24(26,27)15-6-7-16-20(12-15)30-19-4-2-1-3-17(19)22-21(16)28-23(31-22)14-5-8-18-13(11-14)9-10-29-18/h1-8,11-12H,9-10H2. The Kier molecular flexibility index (Phi) is 4.20. The second-order valence-corrected chi connectivity index (χ2v) is 9.51. The van der Waals surface area contributed by atoms with E-state index in [4.69, 9.17) is 9.72 Å². The molecule has 2 nitrogen and oxygen atoms in total. The number of nitrogens with zero attached hydrogens (tertiary/aromatic N) is 1. The molecule has 4 aromatic rings. The van der Waals surface area contributed by atoms with E-state index in [1.165, 1.54) is 17.8 Å². The molecule has 0 amide bonds. The van der Waals surface area contributed by atoms with Gasteiger partial charge in [-0.1, -0.05) is 36.0 Å². The van der Waals surface area contributed by atoms with E-state index in [-0.39, 0.29) is 0 Å². The van der Waals surface area contributed by atoms with Crippen LogP contribution in [-0.2, 0) is 12.6 Å². The lowest BCUT2D eigenvalue weighted by Crippen LogP contribution is -2.04. The summed E-state index contributed by atoms with van der Waals surface area (Å²) >= 11 is 2.94. The molecule has 0 bridgehead atoms. The molecule has 3 aromatic carbocycles. The molecular weight excluding hydrogens is 439 g/mol. The van der Waals surface area contributed by atoms with E-state index in [1.807, 2.05) is 36.4 Å². The maximum Gasteiger partial charge on any atom is 0.416 e. The highest BCUT2D eigenvalue weighted by Gasteiger charge is 2.33. The Hall–Kier alpha value is -2.77. The average molecular weight is 454 g/mol. The molecule has 0 atom stereocenters. The molecule has 0 fully saturated rings. The number of fused-ring (bicyclic) bond motifs is 6. The summed E-state index contributed by atoms with van der Waals surface area (Å²) < 4.78 is 45.7. The summed E-state index contributed by atoms with van der Waals surface area (Å²) in [6.45, 7) is 0.687. The maximum atomic E-state index is 13.4. The highest BCUT2D eigenvalue weighted by atomic mass is 32.2. The summed E-state index contributed by atoms with van der Waals surface area (Å²) in [4.78, 5) is 7.40. The number of rotatable bonds is 1. The second kappa shape index (κ2) is 6.87. The maximum absolute atomic E-state index is 13.4. The van der Waals surface area contributed by atoms with Crippen molar-refractivity contribution < 1.29 is 17.9 Å². The number of ether oxygens (including phenoxy) is 1. The van der Waals surface area contributed by atoms with Crippen molar-refractivity contribution in [2.24, 2.45) is 0 Å². The van der Waals surface area contributed by atoms with E-state index in [1.54, 1.807) is 17.4 Å². The molecule has 7 heteroatoms. The van der Waals surface area contributed by atoms with Crippen LogP contribution in [-0.4, -0.2) is 11.6 Å². The second-order valence-electron chi connectivity index (χ2n) is 7.42. The predicted molar refractivity (Wildman–Crippen MR) is 117 cm³/mol. The predicted octanol–water partition coefficient (Wildman–Crippen LogP) is 7.56. The van der Waals surface area contributed by atoms with E-state index in [0.717, 1.165) is 61.0 Å². The van der Waals surface area contributed by atoms with Crippen LogP contribution in [0.1, 0.15) is 11.1 Å². The minimum Gasteiger partial charge on any atom is -0.493 e. The molecule has 154 valence electrons. The van der Waals surface area contributed by atoms with Crippen molar-refractivity contribution in [2.45, 2.75) is 22.4 Å². The number of hydrogen-bond acceptors (Lipinski definition) is 4. The molecule has 2 aliphatic heterocycles. The number of aromatic nitrogens is 1. The number of alkyl halides is 3. The molecule has 2 aliphatic rings. The largest absolute Gasteiger partial charge is 0.493 e. The highest BCUT2D eigenvalue weighted by Crippen LogP contribution is 2.52. The Labute approximate surface area is 184 Å². The minimum atomic E-state index is -4.38. The van der Waals surface area contributed by atoms with Crippen molar-refractivity contribution in [1.82, 2.24) is 4.98 Å². The van der Waals surface area contributed by atoms with Crippen molar-refractivity contribution in [2.75, 3.05) is 6.61 Å². The van der Waals surface area contributed by atoms with Gasteiger partial charge in [-0.15, -0.1) is 11.3 Å². The van der Waals surface area contributed by atoms with Crippen molar-refractivity contribution in [3.05, 3.63) is 71.8 Å². The molecule has 3 heterocycles. The third-order valence-electron chi connectivity index (χ3n) is 5.48. The third-order valence-corrected chi connectivity index (χ3v) is 7.75. The van der Waals surface area contributed by atoms with E-state index < -0.39 is 11.7 Å². The van der Waals surface area contributed by atoms with Gasteiger partial charge in [-0.25, -0.2) is 4.98 Å². The fraction of sp³-hybridized carbons (Fsp3) is 0.125. The third kappa shape index (κ3) is 3.15. The van der Waals surface area contributed by atoms with Gasteiger partial charge in [-0.2, -0.15) is 13.2 Å². The van der Waals surface area contributed by atoms with Crippen LogP contribution in [0.4, 0.5) is 13.2 Å². The Bertz CT molecular complexity index is 1340. The van der Waals surface area contributed by atoms with Crippen LogP contribution in [0.15, 0.2) is 70.5 Å². The zero-order valence-corrected chi connectivity index (χ0v) is 17.6. The van der Waals surface area contributed by atoms with Crippen LogP contribution in [0.5, 0.6) is 5.75 Å². The van der Waals surface area contributed by atoms with E-state index >= 15 is 0 Å². The van der Waals surface area contributed by atoms with Crippen LogP contribution in [0.3, 0.4) is 0 Å². The smallest absolute Gasteiger partial charge is 0.416 e. The van der Waals surface area contributed by atoms with Gasteiger partial charge in [0.1, 0.15) is 10.8 Å². The summed E-state index contributed by atoms with van der Waals surface area (Å²) in [7, 11) is 0. The molecule has 31 heavy (non-hydrogen) atoms. The molecule has 0 unspecified atom stereocenters. The van der Waals surface area contributed by atoms with Gasteiger partial charge >= 0.3 is 6.18 Å². The first-order valence-corrected chi connectivity index (χ1v) is 11.4. The van der Waals surface area contributed by atoms with Gasteiger partial charge in [-0.05, 0) is 42.0 Å². The molecule has 0 saturated heterocycles. The summed E-state index contributed by atoms with van der Waals surface area (Å²) in [5.74, 6) is 0.911. The highest BCUT2D eigenvalue weighted by molar-refractivity contribution is 7.99. The summed E-state index contributed by atoms with van der Waals surface area (Å²) in [5, 5.41) is 0.854. The number of thiazole rings is 1. The number of halogens is 3. The van der Waals surface area contributed by atoms with Crippen LogP contribution in [0.25, 0.3) is 32.3 Å². The Morgan fingerprint density at radius 2 is 1.77 bits per heavy atom. The zero-order valence-electron chi connectivity index (χ0n) is 16.0. The van der Waals surface area contributed by atoms with Crippen LogP contribution >= 0.6 is 23.1 Å². The fourth-order valence-electron chi connectivity index (χ4n) is 3.97. The van der Waals surface area contributed by atoms with Crippen molar-refractivity contribution in [3.8, 4) is 38.0 Å². The fourth-order valence-corrected chi connectivity index (χ4v) is 6.27. The molecule has 6 rings (SSSR count). The van der Waals surface area contributed by atoms with Gasteiger partial charge < -0.3 is 4.74 Å². The van der Waals surface area contributed by atoms with Crippen molar-refractivity contribution in [1.29, 1.82) is 0 Å². The molecular formula is C24H14F3NOS2.